The number of amides is 1. The lowest BCUT2D eigenvalue weighted by Gasteiger charge is -2.21. The molecule has 1 N–H and O–H groups in total. The predicted molar refractivity (Wildman–Crippen MR) is 143 cm³/mol. The average Bonchev–Trinajstić information content (AvgIpc) is 3.36. The summed E-state index contributed by atoms with van der Waals surface area (Å²) >= 11 is 0. The molecule has 0 saturated carbocycles. The summed E-state index contributed by atoms with van der Waals surface area (Å²) in [6.07, 6.45) is 22.9. The molecule has 5 nitrogen and oxygen atoms in total. The zero-order valence-corrected chi connectivity index (χ0v) is 22.1. The third-order valence-electron chi connectivity index (χ3n) is 7.17. The standard InChI is InChI=1S/C30H49NO4/c1-2-3-4-5-6-7-8-9-10-11-12-13-14-15-16-17-25-35-27-22-20-26(21-23-27)29(32)31-24-18-19-28(31)30(33)34/h20-23,28H,2-19,24-25H2,1H3,(H,33,34)/t28-/m0/s1. The summed E-state index contributed by atoms with van der Waals surface area (Å²) < 4.78 is 5.83. The van der Waals surface area contributed by atoms with Gasteiger partial charge in [-0.25, -0.2) is 4.79 Å². The van der Waals surface area contributed by atoms with Crippen LogP contribution in [-0.2, 0) is 4.79 Å². The average molecular weight is 488 g/mol. The van der Waals surface area contributed by atoms with E-state index in [9.17, 15) is 14.7 Å². The first kappa shape index (κ1) is 29.2. The van der Waals surface area contributed by atoms with Gasteiger partial charge < -0.3 is 14.7 Å². The Kier molecular flexibility index (Phi) is 15.2. The third-order valence-corrected chi connectivity index (χ3v) is 7.17. The van der Waals surface area contributed by atoms with E-state index in [2.05, 4.69) is 6.92 Å². The minimum absolute atomic E-state index is 0.209. The van der Waals surface area contributed by atoms with Gasteiger partial charge in [-0.05, 0) is 43.5 Å². The molecule has 1 heterocycles. The summed E-state index contributed by atoms with van der Waals surface area (Å²) in [7, 11) is 0. The molecule has 1 aliphatic rings. The van der Waals surface area contributed by atoms with Crippen LogP contribution < -0.4 is 4.74 Å². The fourth-order valence-corrected chi connectivity index (χ4v) is 4.97. The second-order valence-corrected chi connectivity index (χ2v) is 10.2. The number of unbranched alkanes of at least 4 members (excludes halogenated alkanes) is 15. The highest BCUT2D eigenvalue weighted by molar-refractivity contribution is 5.97. The minimum atomic E-state index is -0.922. The second kappa shape index (κ2) is 18.3. The van der Waals surface area contributed by atoms with Crippen LogP contribution in [0.25, 0.3) is 0 Å². The molecule has 5 heteroatoms. The third kappa shape index (κ3) is 12.0. The van der Waals surface area contributed by atoms with Gasteiger partial charge in [0, 0.05) is 12.1 Å². The zero-order valence-electron chi connectivity index (χ0n) is 22.1. The monoisotopic (exact) mass is 487 g/mol. The first-order valence-electron chi connectivity index (χ1n) is 14.4. The predicted octanol–water partition coefficient (Wildman–Crippen LogP) is 8.02. The Morgan fingerprint density at radius 1 is 0.800 bits per heavy atom. The number of nitrogens with zero attached hydrogens (tertiary/aromatic N) is 1. The van der Waals surface area contributed by atoms with Crippen molar-refractivity contribution in [2.75, 3.05) is 13.2 Å². The molecule has 1 aromatic carbocycles. The van der Waals surface area contributed by atoms with E-state index in [-0.39, 0.29) is 5.91 Å². The molecule has 0 aliphatic carbocycles. The lowest BCUT2D eigenvalue weighted by atomic mass is 10.0. The SMILES string of the molecule is CCCCCCCCCCCCCCCCCCOc1ccc(C(=O)N2CCC[C@H]2C(=O)O)cc1. The van der Waals surface area contributed by atoms with E-state index in [1.165, 1.54) is 101 Å². The maximum Gasteiger partial charge on any atom is 0.326 e. The van der Waals surface area contributed by atoms with Crippen LogP contribution in [-0.4, -0.2) is 41.1 Å². The summed E-state index contributed by atoms with van der Waals surface area (Å²) in [6, 6.07) is 6.40. The number of aliphatic carboxylic acids is 1. The van der Waals surface area contributed by atoms with E-state index in [4.69, 9.17) is 4.74 Å². The fourth-order valence-electron chi connectivity index (χ4n) is 4.97. The molecule has 1 amide bonds. The molecular formula is C30H49NO4. The van der Waals surface area contributed by atoms with Crippen molar-refractivity contribution in [1.82, 2.24) is 4.90 Å². The summed E-state index contributed by atoms with van der Waals surface area (Å²) in [5, 5.41) is 9.28. The van der Waals surface area contributed by atoms with E-state index in [1.807, 2.05) is 12.1 Å². The van der Waals surface area contributed by atoms with Gasteiger partial charge in [0.15, 0.2) is 0 Å². The fraction of sp³-hybridized carbons (Fsp3) is 0.733. The molecule has 1 atom stereocenters. The quantitative estimate of drug-likeness (QED) is 0.189. The highest BCUT2D eigenvalue weighted by Crippen LogP contribution is 2.22. The molecule has 0 spiro atoms. The number of carbonyl (C=O) groups is 2. The smallest absolute Gasteiger partial charge is 0.326 e. The van der Waals surface area contributed by atoms with Crippen LogP contribution in [0.2, 0.25) is 0 Å². The first-order chi connectivity index (χ1) is 17.1. The Balaban J connectivity index is 1.42. The number of hydrogen-bond acceptors (Lipinski definition) is 3. The van der Waals surface area contributed by atoms with Gasteiger partial charge >= 0.3 is 5.97 Å². The number of carbonyl (C=O) groups excluding carboxylic acids is 1. The number of carboxylic acids is 1. The van der Waals surface area contributed by atoms with Gasteiger partial charge in [0.1, 0.15) is 11.8 Å². The summed E-state index contributed by atoms with van der Waals surface area (Å²) in [4.78, 5) is 25.4. The highest BCUT2D eigenvalue weighted by Gasteiger charge is 2.34. The Hall–Kier alpha value is -2.04. The molecule has 35 heavy (non-hydrogen) atoms. The van der Waals surface area contributed by atoms with Crippen LogP contribution in [0.15, 0.2) is 24.3 Å². The lowest BCUT2D eigenvalue weighted by Crippen LogP contribution is -2.40. The van der Waals surface area contributed by atoms with Crippen molar-refractivity contribution >= 4 is 11.9 Å². The van der Waals surface area contributed by atoms with Crippen LogP contribution in [0.1, 0.15) is 133 Å². The van der Waals surface area contributed by atoms with Crippen LogP contribution in [0.4, 0.5) is 0 Å². The van der Waals surface area contributed by atoms with E-state index < -0.39 is 12.0 Å². The maximum absolute atomic E-state index is 12.6. The van der Waals surface area contributed by atoms with Crippen molar-refractivity contribution in [1.29, 1.82) is 0 Å². The number of hydrogen-bond donors (Lipinski definition) is 1. The van der Waals surface area contributed by atoms with Crippen molar-refractivity contribution in [3.05, 3.63) is 29.8 Å². The number of rotatable bonds is 20. The normalized spacial score (nSPS) is 15.5. The topological polar surface area (TPSA) is 66.8 Å². The molecule has 1 fully saturated rings. The van der Waals surface area contributed by atoms with Crippen LogP contribution >= 0.6 is 0 Å². The highest BCUT2D eigenvalue weighted by atomic mass is 16.5. The maximum atomic E-state index is 12.6. The van der Waals surface area contributed by atoms with E-state index in [1.54, 1.807) is 12.1 Å². The Bertz CT molecular complexity index is 703. The molecule has 0 radical (unpaired) electrons. The first-order valence-corrected chi connectivity index (χ1v) is 14.4. The van der Waals surface area contributed by atoms with Crippen LogP contribution in [0, 0.1) is 0 Å². The summed E-state index contributed by atoms with van der Waals surface area (Å²) in [6.45, 7) is 3.48. The molecule has 198 valence electrons. The largest absolute Gasteiger partial charge is 0.494 e. The van der Waals surface area contributed by atoms with E-state index in [0.717, 1.165) is 18.6 Å². The number of carboxylic acid groups (broad SMARTS) is 1. The number of likely N-dealkylation sites (tertiary alicyclic amines) is 1. The van der Waals surface area contributed by atoms with Crippen LogP contribution in [0.5, 0.6) is 5.75 Å². The molecule has 0 unspecified atom stereocenters. The van der Waals surface area contributed by atoms with Crippen LogP contribution in [0.3, 0.4) is 0 Å². The van der Waals surface area contributed by atoms with Gasteiger partial charge in [0.2, 0.25) is 0 Å². The summed E-state index contributed by atoms with van der Waals surface area (Å²) in [5.74, 6) is -0.368. The molecular weight excluding hydrogens is 438 g/mol. The Morgan fingerprint density at radius 3 is 1.77 bits per heavy atom. The zero-order chi connectivity index (χ0) is 25.1. The minimum Gasteiger partial charge on any atom is -0.494 e. The molecule has 1 aromatic rings. The number of benzene rings is 1. The van der Waals surface area contributed by atoms with Gasteiger partial charge in [-0.15, -0.1) is 0 Å². The molecule has 2 rings (SSSR count). The molecule has 0 aromatic heterocycles. The molecule has 1 aliphatic heterocycles. The van der Waals surface area contributed by atoms with Gasteiger partial charge in [0.05, 0.1) is 6.61 Å². The van der Waals surface area contributed by atoms with Crippen molar-refractivity contribution in [2.24, 2.45) is 0 Å². The van der Waals surface area contributed by atoms with Gasteiger partial charge in [0.25, 0.3) is 5.91 Å². The van der Waals surface area contributed by atoms with Crippen molar-refractivity contribution in [2.45, 2.75) is 129 Å². The van der Waals surface area contributed by atoms with Gasteiger partial charge in [-0.3, -0.25) is 4.79 Å². The van der Waals surface area contributed by atoms with Crippen molar-refractivity contribution in [3.63, 3.8) is 0 Å². The Labute approximate surface area is 213 Å². The van der Waals surface area contributed by atoms with E-state index >= 15 is 0 Å². The van der Waals surface area contributed by atoms with Crippen molar-refractivity contribution < 1.29 is 19.4 Å². The summed E-state index contributed by atoms with van der Waals surface area (Å²) in [5.41, 5.74) is 0.521. The number of ether oxygens (including phenoxy) is 1. The Morgan fingerprint density at radius 2 is 1.29 bits per heavy atom. The second-order valence-electron chi connectivity index (χ2n) is 10.2. The van der Waals surface area contributed by atoms with Gasteiger partial charge in [-0.1, -0.05) is 103 Å². The van der Waals surface area contributed by atoms with E-state index in [0.29, 0.717) is 25.1 Å². The lowest BCUT2D eigenvalue weighted by molar-refractivity contribution is -0.141. The van der Waals surface area contributed by atoms with Gasteiger partial charge in [-0.2, -0.15) is 0 Å². The van der Waals surface area contributed by atoms with Crippen molar-refractivity contribution in [3.8, 4) is 5.75 Å². The molecule has 0 bridgehead atoms. The molecule has 1 saturated heterocycles.